The summed E-state index contributed by atoms with van der Waals surface area (Å²) < 4.78 is 50.6. The number of fused-ring (bicyclic) bond motifs is 1. The number of nitrogens with zero attached hydrogens (tertiary/aromatic N) is 1. The van der Waals surface area contributed by atoms with Crippen LogP contribution in [-0.4, -0.2) is 32.2 Å². The average Bonchev–Trinajstić information content (AvgIpc) is 2.73. The second kappa shape index (κ2) is 7.85. The third-order valence-electron chi connectivity index (χ3n) is 5.07. The molecule has 2 aliphatic heterocycles. The number of carbonyl (C=O) groups excluding carboxylic acids is 1. The van der Waals surface area contributed by atoms with Crippen molar-refractivity contribution in [3.05, 3.63) is 47.5 Å². The zero-order valence-corrected chi connectivity index (χ0v) is 15.7. The number of rotatable bonds is 3. The molecule has 1 saturated heterocycles. The Balaban J connectivity index is 1.64. The van der Waals surface area contributed by atoms with Gasteiger partial charge in [-0.25, -0.2) is 0 Å². The Morgan fingerprint density at radius 3 is 2.38 bits per heavy atom. The molecule has 1 fully saturated rings. The molecule has 1 N–H and O–H groups in total. The number of piperidine rings is 1. The van der Waals surface area contributed by atoms with Gasteiger partial charge in [0.25, 0.3) is 5.91 Å². The van der Waals surface area contributed by atoms with Gasteiger partial charge in [0, 0.05) is 18.7 Å². The van der Waals surface area contributed by atoms with Crippen molar-refractivity contribution in [2.45, 2.75) is 25.4 Å². The van der Waals surface area contributed by atoms with Gasteiger partial charge in [-0.2, -0.15) is 13.2 Å². The molecular weight excluding hydrogens is 385 g/mol. The fourth-order valence-corrected chi connectivity index (χ4v) is 3.60. The first kappa shape index (κ1) is 19.4. The fourth-order valence-electron chi connectivity index (χ4n) is 3.60. The maximum atomic E-state index is 13.2. The molecule has 2 heterocycles. The van der Waals surface area contributed by atoms with E-state index in [1.807, 2.05) is 4.90 Å². The second-order valence-corrected chi connectivity index (χ2v) is 7.09. The average molecular weight is 406 g/mol. The molecule has 4 rings (SSSR count). The van der Waals surface area contributed by atoms with Crippen molar-refractivity contribution in [3.8, 4) is 11.5 Å². The zero-order valence-electron chi connectivity index (χ0n) is 15.7. The summed E-state index contributed by atoms with van der Waals surface area (Å²) in [6.07, 6.45) is -1.46. The predicted molar refractivity (Wildman–Crippen MR) is 103 cm³/mol. The van der Waals surface area contributed by atoms with Gasteiger partial charge in [0.15, 0.2) is 11.5 Å². The van der Waals surface area contributed by atoms with E-state index >= 15 is 0 Å². The molecule has 0 atom stereocenters. The van der Waals surface area contributed by atoms with E-state index in [1.54, 1.807) is 12.1 Å². The maximum absolute atomic E-state index is 13.2. The van der Waals surface area contributed by atoms with Gasteiger partial charge in [-0.15, -0.1) is 0 Å². The van der Waals surface area contributed by atoms with Crippen LogP contribution in [0.4, 0.5) is 24.5 Å². The molecule has 0 unspecified atom stereocenters. The Bertz CT molecular complexity index is 909. The van der Waals surface area contributed by atoms with Crippen LogP contribution in [0, 0.1) is 0 Å². The van der Waals surface area contributed by atoms with E-state index in [4.69, 9.17) is 9.47 Å². The highest BCUT2D eigenvalue weighted by Gasteiger charge is 2.32. The number of halogens is 3. The first-order chi connectivity index (χ1) is 13.9. The minimum absolute atomic E-state index is 0.154. The lowest BCUT2D eigenvalue weighted by Gasteiger charge is -2.31. The molecule has 0 aliphatic carbocycles. The number of alkyl halides is 3. The van der Waals surface area contributed by atoms with Crippen LogP contribution < -0.4 is 19.7 Å². The van der Waals surface area contributed by atoms with Gasteiger partial charge in [-0.3, -0.25) is 4.79 Å². The number of benzene rings is 2. The number of carbonyl (C=O) groups is 1. The summed E-state index contributed by atoms with van der Waals surface area (Å²) in [6, 6.07) is 8.23. The maximum Gasteiger partial charge on any atom is 0.416 e. The van der Waals surface area contributed by atoms with Crippen molar-refractivity contribution in [2.24, 2.45) is 0 Å². The summed E-state index contributed by atoms with van der Waals surface area (Å²) in [6.45, 7) is 2.31. The Labute approximate surface area is 166 Å². The molecule has 1 amide bonds. The molecule has 0 bridgehead atoms. The molecule has 0 saturated carbocycles. The Hall–Kier alpha value is -2.90. The van der Waals surface area contributed by atoms with E-state index in [9.17, 15) is 18.0 Å². The van der Waals surface area contributed by atoms with Crippen molar-refractivity contribution in [1.82, 2.24) is 0 Å². The number of ether oxygens (including phenoxy) is 2. The lowest BCUT2D eigenvalue weighted by Crippen LogP contribution is -2.30. The fraction of sp³-hybridized carbons (Fsp3) is 0.381. The van der Waals surface area contributed by atoms with E-state index in [2.05, 4.69) is 5.32 Å². The first-order valence-electron chi connectivity index (χ1n) is 9.59. The molecule has 0 radical (unpaired) electrons. The molecule has 2 aromatic rings. The molecule has 154 valence electrons. The van der Waals surface area contributed by atoms with Crippen LogP contribution in [0.1, 0.15) is 35.2 Å². The number of amides is 1. The number of hydrogen-bond donors (Lipinski definition) is 1. The number of anilines is 2. The highest BCUT2D eigenvalue weighted by atomic mass is 19.4. The smallest absolute Gasteiger partial charge is 0.416 e. The molecule has 5 nitrogen and oxygen atoms in total. The summed E-state index contributed by atoms with van der Waals surface area (Å²) in [5.41, 5.74) is 0.247. The molecule has 0 aromatic heterocycles. The Morgan fingerprint density at radius 1 is 0.931 bits per heavy atom. The summed E-state index contributed by atoms with van der Waals surface area (Å²) in [4.78, 5) is 14.8. The number of hydrogen-bond acceptors (Lipinski definition) is 4. The third-order valence-corrected chi connectivity index (χ3v) is 5.07. The van der Waals surface area contributed by atoms with Crippen LogP contribution >= 0.6 is 0 Å². The van der Waals surface area contributed by atoms with Crippen molar-refractivity contribution >= 4 is 17.3 Å². The second-order valence-electron chi connectivity index (χ2n) is 7.09. The van der Waals surface area contributed by atoms with E-state index in [0.29, 0.717) is 30.4 Å². The largest absolute Gasteiger partial charge is 0.486 e. The topological polar surface area (TPSA) is 50.8 Å². The molecule has 2 aliphatic rings. The Morgan fingerprint density at radius 2 is 1.66 bits per heavy atom. The third kappa shape index (κ3) is 4.26. The van der Waals surface area contributed by atoms with Gasteiger partial charge in [-0.05, 0) is 55.7 Å². The van der Waals surface area contributed by atoms with Crippen LogP contribution in [0.25, 0.3) is 0 Å². The summed E-state index contributed by atoms with van der Waals surface area (Å²) in [5.74, 6) is 0.490. The molecule has 2 aromatic carbocycles. The van der Waals surface area contributed by atoms with E-state index in [-0.39, 0.29) is 11.3 Å². The van der Waals surface area contributed by atoms with E-state index < -0.39 is 17.6 Å². The SMILES string of the molecule is O=C(Nc1cc(C(F)(F)F)ccc1N1CCCCC1)c1ccc2c(c1)OCCO2. The summed E-state index contributed by atoms with van der Waals surface area (Å²) in [5, 5.41) is 2.67. The molecular formula is C21H21F3N2O3. The Kier molecular flexibility index (Phi) is 5.25. The molecule has 8 heteroatoms. The lowest BCUT2D eigenvalue weighted by molar-refractivity contribution is -0.137. The minimum atomic E-state index is -4.49. The predicted octanol–water partition coefficient (Wildman–Crippen LogP) is 4.72. The van der Waals surface area contributed by atoms with Gasteiger partial charge in [-0.1, -0.05) is 0 Å². The van der Waals surface area contributed by atoms with Crippen molar-refractivity contribution < 1.29 is 27.4 Å². The normalized spacial score (nSPS) is 16.4. The number of nitrogens with one attached hydrogen (secondary N) is 1. The summed E-state index contributed by atoms with van der Waals surface area (Å²) >= 11 is 0. The standard InChI is InChI=1S/C21H21F3N2O3/c22-21(23,24)15-5-6-17(26-8-2-1-3-9-26)16(13-15)25-20(27)14-4-7-18-19(12-14)29-11-10-28-18/h4-7,12-13H,1-3,8-11H2,(H,25,27). The quantitative estimate of drug-likeness (QED) is 0.802. The van der Waals surface area contributed by atoms with Crippen molar-refractivity contribution in [3.63, 3.8) is 0 Å². The van der Waals surface area contributed by atoms with Crippen LogP contribution in [0.3, 0.4) is 0 Å². The van der Waals surface area contributed by atoms with Gasteiger partial charge in [0.05, 0.1) is 16.9 Å². The summed E-state index contributed by atoms with van der Waals surface area (Å²) in [7, 11) is 0. The van der Waals surface area contributed by atoms with Crippen LogP contribution in [0.5, 0.6) is 11.5 Å². The van der Waals surface area contributed by atoms with Crippen LogP contribution in [0.2, 0.25) is 0 Å². The van der Waals surface area contributed by atoms with Gasteiger partial charge in [0.1, 0.15) is 13.2 Å². The van der Waals surface area contributed by atoms with Gasteiger partial charge < -0.3 is 19.7 Å². The van der Waals surface area contributed by atoms with Crippen LogP contribution in [-0.2, 0) is 6.18 Å². The zero-order chi connectivity index (χ0) is 20.4. The molecule has 0 spiro atoms. The van der Waals surface area contributed by atoms with Crippen LogP contribution in [0.15, 0.2) is 36.4 Å². The highest BCUT2D eigenvalue weighted by molar-refractivity contribution is 6.06. The monoisotopic (exact) mass is 406 g/mol. The van der Waals surface area contributed by atoms with E-state index in [1.165, 1.54) is 12.1 Å². The van der Waals surface area contributed by atoms with Gasteiger partial charge in [0.2, 0.25) is 0 Å². The van der Waals surface area contributed by atoms with Crippen molar-refractivity contribution in [2.75, 3.05) is 36.5 Å². The molecule has 29 heavy (non-hydrogen) atoms. The lowest BCUT2D eigenvalue weighted by atomic mass is 10.1. The van der Waals surface area contributed by atoms with Gasteiger partial charge >= 0.3 is 6.18 Å². The van der Waals surface area contributed by atoms with Crippen molar-refractivity contribution in [1.29, 1.82) is 0 Å². The minimum Gasteiger partial charge on any atom is -0.486 e. The first-order valence-corrected chi connectivity index (χ1v) is 9.59. The van der Waals surface area contributed by atoms with E-state index in [0.717, 1.165) is 44.5 Å². The highest BCUT2D eigenvalue weighted by Crippen LogP contribution is 2.37.